The lowest BCUT2D eigenvalue weighted by Crippen LogP contribution is -2.29. The zero-order valence-corrected chi connectivity index (χ0v) is 12.3. The highest BCUT2D eigenvalue weighted by Crippen LogP contribution is 2.28. The molecule has 0 aromatic carbocycles. The Morgan fingerprint density at radius 2 is 2.29 bits per heavy atom. The van der Waals surface area contributed by atoms with Gasteiger partial charge < -0.3 is 15.5 Å². The standard InChI is InChI=1S/C12H11N3O4S2/c16-7(11(18)19)1-2-13-9(17)8-5-6-10(21-8)14-12-15(6)3-4-20-12/h3-5,7,16H,1-2H2,(H,13,17)(H,18,19). The summed E-state index contributed by atoms with van der Waals surface area (Å²) >= 11 is 2.81. The van der Waals surface area contributed by atoms with Crippen molar-refractivity contribution in [3.63, 3.8) is 0 Å². The van der Waals surface area contributed by atoms with Crippen LogP contribution in [0.25, 0.3) is 15.3 Å². The van der Waals surface area contributed by atoms with Gasteiger partial charge in [-0.1, -0.05) is 0 Å². The van der Waals surface area contributed by atoms with Gasteiger partial charge in [0.15, 0.2) is 11.1 Å². The van der Waals surface area contributed by atoms with E-state index in [2.05, 4.69) is 10.3 Å². The van der Waals surface area contributed by atoms with Crippen LogP contribution in [0.1, 0.15) is 16.1 Å². The molecule has 7 nitrogen and oxygen atoms in total. The lowest BCUT2D eigenvalue weighted by Gasteiger charge is -2.06. The van der Waals surface area contributed by atoms with Gasteiger partial charge >= 0.3 is 5.97 Å². The van der Waals surface area contributed by atoms with Gasteiger partial charge in [-0.3, -0.25) is 9.20 Å². The SMILES string of the molecule is O=C(NCCC(O)C(=O)O)c1cc2c(nc3sccn32)s1. The number of aliphatic hydroxyl groups is 1. The predicted octanol–water partition coefficient (Wildman–Crippen LogP) is 1.18. The van der Waals surface area contributed by atoms with Crippen LogP contribution >= 0.6 is 22.7 Å². The highest BCUT2D eigenvalue weighted by Gasteiger charge is 2.16. The Hall–Kier alpha value is -1.97. The van der Waals surface area contributed by atoms with E-state index in [0.717, 1.165) is 15.3 Å². The van der Waals surface area contributed by atoms with Crippen molar-refractivity contribution < 1.29 is 19.8 Å². The smallest absolute Gasteiger partial charge is 0.332 e. The van der Waals surface area contributed by atoms with Gasteiger partial charge in [0.1, 0.15) is 4.83 Å². The van der Waals surface area contributed by atoms with E-state index >= 15 is 0 Å². The first kappa shape index (κ1) is 14.0. The van der Waals surface area contributed by atoms with Gasteiger partial charge in [0.25, 0.3) is 5.91 Å². The van der Waals surface area contributed by atoms with Crippen LogP contribution in [0.2, 0.25) is 0 Å². The first-order valence-corrected chi connectivity index (χ1v) is 7.80. The number of hydrogen-bond donors (Lipinski definition) is 3. The maximum absolute atomic E-state index is 12.0. The molecule has 3 rings (SSSR count). The van der Waals surface area contributed by atoms with E-state index in [-0.39, 0.29) is 18.9 Å². The summed E-state index contributed by atoms with van der Waals surface area (Å²) in [6, 6.07) is 1.76. The average Bonchev–Trinajstić information content (AvgIpc) is 3.08. The molecule has 0 bridgehead atoms. The number of nitrogens with zero attached hydrogens (tertiary/aromatic N) is 2. The van der Waals surface area contributed by atoms with E-state index in [1.165, 1.54) is 22.7 Å². The number of aliphatic hydroxyl groups excluding tert-OH is 1. The number of nitrogens with one attached hydrogen (secondary N) is 1. The van der Waals surface area contributed by atoms with Crippen molar-refractivity contribution in [1.29, 1.82) is 0 Å². The molecule has 0 fully saturated rings. The molecule has 0 spiro atoms. The molecular weight excluding hydrogens is 314 g/mol. The Labute approximate surface area is 126 Å². The van der Waals surface area contributed by atoms with Gasteiger partial charge in [-0.05, 0) is 6.07 Å². The number of amides is 1. The Bertz CT molecular complexity index is 819. The van der Waals surface area contributed by atoms with Crippen LogP contribution < -0.4 is 5.32 Å². The summed E-state index contributed by atoms with van der Waals surface area (Å²) in [5.41, 5.74) is 0.881. The number of aromatic nitrogens is 2. The number of thiophene rings is 1. The van der Waals surface area contributed by atoms with E-state index in [1.54, 1.807) is 6.07 Å². The fourth-order valence-corrected chi connectivity index (χ4v) is 3.61. The topological polar surface area (TPSA) is 104 Å². The number of carboxylic acid groups (broad SMARTS) is 1. The predicted molar refractivity (Wildman–Crippen MR) is 79.0 cm³/mol. The second-order valence-corrected chi connectivity index (χ2v) is 6.27. The number of thiazole rings is 1. The molecule has 110 valence electrons. The Balaban J connectivity index is 1.69. The van der Waals surface area contributed by atoms with Crippen LogP contribution in [0.15, 0.2) is 17.6 Å². The van der Waals surface area contributed by atoms with Gasteiger partial charge in [-0.2, -0.15) is 0 Å². The highest BCUT2D eigenvalue weighted by molar-refractivity contribution is 7.21. The Kier molecular flexibility index (Phi) is 3.62. The monoisotopic (exact) mass is 325 g/mol. The molecule has 0 aliphatic carbocycles. The van der Waals surface area contributed by atoms with Crippen LogP contribution in [0.5, 0.6) is 0 Å². The van der Waals surface area contributed by atoms with Gasteiger partial charge in [-0.15, -0.1) is 22.7 Å². The quantitative estimate of drug-likeness (QED) is 0.653. The molecule has 9 heteroatoms. The van der Waals surface area contributed by atoms with Crippen molar-refractivity contribution in [3.05, 3.63) is 22.5 Å². The van der Waals surface area contributed by atoms with Crippen molar-refractivity contribution >= 4 is 49.9 Å². The molecule has 0 aliphatic heterocycles. The normalized spacial score (nSPS) is 12.8. The third-order valence-electron chi connectivity index (χ3n) is 2.95. The molecule has 3 aromatic heterocycles. The fourth-order valence-electron chi connectivity index (χ4n) is 1.89. The van der Waals surface area contributed by atoms with E-state index in [1.807, 2.05) is 16.0 Å². The largest absolute Gasteiger partial charge is 0.479 e. The third kappa shape index (κ3) is 2.62. The van der Waals surface area contributed by atoms with E-state index < -0.39 is 12.1 Å². The zero-order chi connectivity index (χ0) is 15.0. The van der Waals surface area contributed by atoms with E-state index in [4.69, 9.17) is 10.2 Å². The zero-order valence-electron chi connectivity index (χ0n) is 10.6. The van der Waals surface area contributed by atoms with Crippen LogP contribution in [0.3, 0.4) is 0 Å². The van der Waals surface area contributed by atoms with Crippen molar-refractivity contribution in [2.24, 2.45) is 0 Å². The summed E-state index contributed by atoms with van der Waals surface area (Å²) in [4.78, 5) is 29.0. The fraction of sp³-hybridized carbons (Fsp3) is 0.250. The van der Waals surface area contributed by atoms with Gasteiger partial charge in [-0.25, -0.2) is 9.78 Å². The van der Waals surface area contributed by atoms with Gasteiger partial charge in [0.2, 0.25) is 0 Å². The first-order chi connectivity index (χ1) is 10.1. The molecule has 0 saturated heterocycles. The van der Waals surface area contributed by atoms with Crippen LogP contribution in [0.4, 0.5) is 0 Å². The minimum absolute atomic E-state index is 0.0278. The number of aliphatic carboxylic acids is 1. The van der Waals surface area contributed by atoms with Crippen LogP contribution in [0, 0.1) is 0 Å². The number of fused-ring (bicyclic) bond motifs is 3. The van der Waals surface area contributed by atoms with Crippen LogP contribution in [-0.2, 0) is 4.79 Å². The third-order valence-corrected chi connectivity index (χ3v) is 4.73. The summed E-state index contributed by atoms with van der Waals surface area (Å²) in [5, 5.41) is 22.2. The molecule has 0 radical (unpaired) electrons. The molecule has 0 saturated carbocycles. The molecule has 1 atom stereocenters. The summed E-state index contributed by atoms with van der Waals surface area (Å²) in [7, 11) is 0. The summed E-state index contributed by atoms with van der Waals surface area (Å²) < 4.78 is 1.92. The molecule has 1 amide bonds. The van der Waals surface area contributed by atoms with Crippen LogP contribution in [-0.4, -0.2) is 44.1 Å². The molecule has 0 aliphatic rings. The average molecular weight is 325 g/mol. The van der Waals surface area contributed by atoms with Crippen molar-refractivity contribution in [1.82, 2.24) is 14.7 Å². The maximum Gasteiger partial charge on any atom is 0.332 e. The van der Waals surface area contributed by atoms with Gasteiger partial charge in [0, 0.05) is 24.5 Å². The Morgan fingerprint density at radius 1 is 1.48 bits per heavy atom. The summed E-state index contributed by atoms with van der Waals surface area (Å²) in [6.45, 7) is 0.100. The number of imidazole rings is 1. The second-order valence-electron chi connectivity index (χ2n) is 4.37. The lowest BCUT2D eigenvalue weighted by molar-refractivity contribution is -0.146. The molecular formula is C12H11N3O4S2. The molecule has 3 aromatic rings. The van der Waals surface area contributed by atoms with Crippen molar-refractivity contribution in [2.75, 3.05) is 6.54 Å². The molecule has 3 N–H and O–H groups in total. The number of rotatable bonds is 5. The molecule has 3 heterocycles. The Morgan fingerprint density at radius 3 is 3.05 bits per heavy atom. The summed E-state index contributed by atoms with van der Waals surface area (Å²) in [5.74, 6) is -1.58. The van der Waals surface area contributed by atoms with Crippen molar-refractivity contribution in [2.45, 2.75) is 12.5 Å². The van der Waals surface area contributed by atoms with Gasteiger partial charge in [0.05, 0.1) is 10.4 Å². The molecule has 21 heavy (non-hydrogen) atoms. The minimum Gasteiger partial charge on any atom is -0.479 e. The van der Waals surface area contributed by atoms with E-state index in [0.29, 0.717) is 4.88 Å². The lowest BCUT2D eigenvalue weighted by atomic mass is 10.2. The number of carboxylic acids is 1. The van der Waals surface area contributed by atoms with Crippen molar-refractivity contribution in [3.8, 4) is 0 Å². The number of hydrogen-bond acceptors (Lipinski definition) is 6. The first-order valence-electron chi connectivity index (χ1n) is 6.10. The summed E-state index contributed by atoms with van der Waals surface area (Å²) in [6.07, 6.45) is 0.407. The molecule has 1 unspecified atom stereocenters. The number of carbonyl (C=O) groups is 2. The second kappa shape index (κ2) is 5.43. The van der Waals surface area contributed by atoms with E-state index in [9.17, 15) is 9.59 Å². The minimum atomic E-state index is -1.46. The number of carbonyl (C=O) groups excluding carboxylic acids is 1. The maximum atomic E-state index is 12.0. The highest BCUT2D eigenvalue weighted by atomic mass is 32.1.